The highest BCUT2D eigenvalue weighted by Gasteiger charge is 2.22. The van der Waals surface area contributed by atoms with Crippen molar-refractivity contribution in [1.82, 2.24) is 10.2 Å². The highest BCUT2D eigenvalue weighted by Crippen LogP contribution is 2.22. The van der Waals surface area contributed by atoms with Gasteiger partial charge in [-0.05, 0) is 29.7 Å². The van der Waals surface area contributed by atoms with Crippen LogP contribution in [0.25, 0.3) is 0 Å². The summed E-state index contributed by atoms with van der Waals surface area (Å²) in [7, 11) is -3.36. The Kier molecular flexibility index (Phi) is 5.63. The molecule has 1 aromatic rings. The minimum atomic E-state index is -3.36. The molecule has 2 rings (SSSR count). The lowest BCUT2D eigenvalue weighted by molar-refractivity contribution is 0.0937. The molecule has 0 saturated carbocycles. The maximum Gasteiger partial charge on any atom is 0.262 e. The van der Waals surface area contributed by atoms with Crippen molar-refractivity contribution >= 4 is 27.1 Å². The zero-order chi connectivity index (χ0) is 16.3. The van der Waals surface area contributed by atoms with Gasteiger partial charge in [0.15, 0.2) is 9.84 Å². The van der Waals surface area contributed by atoms with Crippen LogP contribution in [0.5, 0.6) is 0 Å². The SMILES string of the molecule is C[C@@H]1C[C@@H](C)CN(CCNC(=O)c2sccc2S(C)(=O)=O)C1. The van der Waals surface area contributed by atoms with Crippen molar-refractivity contribution < 1.29 is 13.2 Å². The fourth-order valence-corrected chi connectivity index (χ4v) is 5.27. The van der Waals surface area contributed by atoms with E-state index in [1.807, 2.05) is 0 Å². The largest absolute Gasteiger partial charge is 0.350 e. The summed E-state index contributed by atoms with van der Waals surface area (Å²) in [5.74, 6) is 1.08. The molecule has 2 atom stereocenters. The van der Waals surface area contributed by atoms with E-state index in [4.69, 9.17) is 0 Å². The van der Waals surface area contributed by atoms with Crippen LogP contribution in [0.1, 0.15) is 29.9 Å². The van der Waals surface area contributed by atoms with Gasteiger partial charge in [-0.3, -0.25) is 4.79 Å². The van der Waals surface area contributed by atoms with Crippen LogP contribution in [0.15, 0.2) is 16.3 Å². The van der Waals surface area contributed by atoms with Crippen molar-refractivity contribution in [3.8, 4) is 0 Å². The molecule has 0 spiro atoms. The number of nitrogens with one attached hydrogen (secondary N) is 1. The predicted molar refractivity (Wildman–Crippen MR) is 89.1 cm³/mol. The number of thiophene rings is 1. The first-order chi connectivity index (χ1) is 10.3. The molecule has 1 saturated heterocycles. The maximum absolute atomic E-state index is 12.2. The lowest BCUT2D eigenvalue weighted by atomic mass is 9.92. The molecule has 0 unspecified atom stereocenters. The molecule has 124 valence electrons. The number of hydrogen-bond acceptors (Lipinski definition) is 5. The van der Waals surface area contributed by atoms with Gasteiger partial charge in [0.1, 0.15) is 4.88 Å². The van der Waals surface area contributed by atoms with Crippen molar-refractivity contribution in [2.75, 3.05) is 32.4 Å². The summed E-state index contributed by atoms with van der Waals surface area (Å²) in [5.41, 5.74) is 0. The molecule has 1 N–H and O–H groups in total. The Labute approximate surface area is 136 Å². The summed E-state index contributed by atoms with van der Waals surface area (Å²) in [5, 5.41) is 4.48. The van der Waals surface area contributed by atoms with Gasteiger partial charge in [-0.1, -0.05) is 13.8 Å². The molecule has 0 radical (unpaired) electrons. The van der Waals surface area contributed by atoms with Crippen molar-refractivity contribution in [2.45, 2.75) is 25.2 Å². The molecule has 2 heterocycles. The average molecular weight is 345 g/mol. The monoisotopic (exact) mass is 344 g/mol. The van der Waals surface area contributed by atoms with Crippen LogP contribution in [0, 0.1) is 11.8 Å². The van der Waals surface area contributed by atoms with Crippen LogP contribution >= 0.6 is 11.3 Å². The summed E-state index contributed by atoms with van der Waals surface area (Å²) in [6.07, 6.45) is 2.39. The molecule has 1 aliphatic rings. The van der Waals surface area contributed by atoms with E-state index in [2.05, 4.69) is 24.1 Å². The van der Waals surface area contributed by atoms with E-state index in [0.717, 1.165) is 25.9 Å². The Balaban J connectivity index is 1.87. The van der Waals surface area contributed by atoms with Crippen LogP contribution in [0.3, 0.4) is 0 Å². The summed E-state index contributed by atoms with van der Waals surface area (Å²) < 4.78 is 23.3. The molecule has 7 heteroatoms. The zero-order valence-electron chi connectivity index (χ0n) is 13.3. The topological polar surface area (TPSA) is 66.5 Å². The molecule has 1 aliphatic heterocycles. The molecular formula is C15H24N2O3S2. The summed E-state index contributed by atoms with van der Waals surface area (Å²) in [6, 6.07) is 1.49. The number of amides is 1. The first-order valence-corrected chi connectivity index (χ1v) is 10.3. The summed E-state index contributed by atoms with van der Waals surface area (Å²) >= 11 is 1.17. The molecule has 0 aliphatic carbocycles. The number of rotatable bonds is 5. The van der Waals surface area contributed by atoms with Crippen molar-refractivity contribution in [3.05, 3.63) is 16.3 Å². The Morgan fingerprint density at radius 1 is 1.36 bits per heavy atom. The van der Waals surface area contributed by atoms with Crippen molar-refractivity contribution in [2.24, 2.45) is 11.8 Å². The first-order valence-electron chi connectivity index (χ1n) is 7.55. The lowest BCUT2D eigenvalue weighted by Crippen LogP contribution is -2.42. The van der Waals surface area contributed by atoms with Gasteiger partial charge in [-0.25, -0.2) is 8.42 Å². The molecule has 1 amide bonds. The second-order valence-corrected chi connectivity index (χ2v) is 9.25. The number of hydrogen-bond donors (Lipinski definition) is 1. The van der Waals surface area contributed by atoms with Crippen LogP contribution in [-0.4, -0.2) is 51.7 Å². The normalized spacial score (nSPS) is 23.4. The number of likely N-dealkylation sites (tertiary alicyclic amines) is 1. The van der Waals surface area contributed by atoms with Gasteiger partial charge >= 0.3 is 0 Å². The number of piperidine rings is 1. The third kappa shape index (κ3) is 4.54. The fourth-order valence-electron chi connectivity index (χ4n) is 3.14. The molecule has 1 fully saturated rings. The second kappa shape index (κ2) is 7.10. The van der Waals surface area contributed by atoms with Gasteiger partial charge in [0.2, 0.25) is 0 Å². The highest BCUT2D eigenvalue weighted by atomic mass is 32.2. The van der Waals surface area contributed by atoms with E-state index in [9.17, 15) is 13.2 Å². The number of nitrogens with zero attached hydrogens (tertiary/aromatic N) is 1. The average Bonchev–Trinajstić information content (AvgIpc) is 2.86. The minimum Gasteiger partial charge on any atom is -0.350 e. The Bertz CT molecular complexity index is 614. The van der Waals surface area contributed by atoms with Gasteiger partial charge in [-0.2, -0.15) is 0 Å². The highest BCUT2D eigenvalue weighted by molar-refractivity contribution is 7.91. The number of carbonyl (C=O) groups excluding carboxylic acids is 1. The smallest absolute Gasteiger partial charge is 0.262 e. The van der Waals surface area contributed by atoms with E-state index in [1.165, 1.54) is 23.8 Å². The quantitative estimate of drug-likeness (QED) is 0.885. The predicted octanol–water partition coefficient (Wildman–Crippen LogP) is 1.86. The molecule has 22 heavy (non-hydrogen) atoms. The van der Waals surface area contributed by atoms with Crippen LogP contribution in [0.4, 0.5) is 0 Å². The van der Waals surface area contributed by atoms with Crippen molar-refractivity contribution in [1.29, 1.82) is 0 Å². The van der Waals surface area contributed by atoms with Crippen LogP contribution < -0.4 is 5.32 Å². The fraction of sp³-hybridized carbons (Fsp3) is 0.667. The Hall–Kier alpha value is -0.920. The maximum atomic E-state index is 12.2. The Morgan fingerprint density at radius 3 is 2.59 bits per heavy atom. The lowest BCUT2D eigenvalue weighted by Gasteiger charge is -2.34. The molecular weight excluding hydrogens is 320 g/mol. The standard InChI is InChI=1S/C15H24N2O3S2/c1-11-8-12(2)10-17(9-11)6-5-16-15(18)14-13(4-7-21-14)22(3,19)20/h4,7,11-12H,5-6,8-10H2,1-3H3,(H,16,18)/t11-,12-/m1/s1. The number of carbonyl (C=O) groups is 1. The zero-order valence-corrected chi connectivity index (χ0v) is 15.0. The van der Waals surface area contributed by atoms with Gasteiger partial charge in [0.05, 0.1) is 4.90 Å². The van der Waals surface area contributed by atoms with Gasteiger partial charge < -0.3 is 10.2 Å². The van der Waals surface area contributed by atoms with E-state index in [-0.39, 0.29) is 15.7 Å². The van der Waals surface area contributed by atoms with Crippen molar-refractivity contribution in [3.63, 3.8) is 0 Å². The molecule has 0 aromatic carbocycles. The second-order valence-electron chi connectivity index (χ2n) is 6.35. The van der Waals surface area contributed by atoms with E-state index in [1.54, 1.807) is 5.38 Å². The van der Waals surface area contributed by atoms with Gasteiger partial charge in [0.25, 0.3) is 5.91 Å². The molecule has 5 nitrogen and oxygen atoms in total. The summed E-state index contributed by atoms with van der Waals surface area (Å²) in [6.45, 7) is 7.98. The molecule has 1 aromatic heterocycles. The first kappa shape index (κ1) is 17.4. The van der Waals surface area contributed by atoms with Gasteiger partial charge in [-0.15, -0.1) is 11.3 Å². The minimum absolute atomic E-state index is 0.121. The molecule has 0 bridgehead atoms. The van der Waals surface area contributed by atoms with E-state index >= 15 is 0 Å². The third-order valence-corrected chi connectivity index (χ3v) is 6.07. The summed E-state index contributed by atoms with van der Waals surface area (Å²) in [4.78, 5) is 14.9. The number of sulfone groups is 1. The third-order valence-electron chi connectivity index (χ3n) is 3.89. The van der Waals surface area contributed by atoms with E-state index in [0.29, 0.717) is 18.4 Å². The van der Waals surface area contributed by atoms with Crippen LogP contribution in [0.2, 0.25) is 0 Å². The van der Waals surface area contributed by atoms with Crippen LogP contribution in [-0.2, 0) is 9.84 Å². The Morgan fingerprint density at radius 2 is 2.00 bits per heavy atom. The van der Waals surface area contributed by atoms with E-state index < -0.39 is 9.84 Å². The van der Waals surface area contributed by atoms with Gasteiger partial charge in [0, 0.05) is 32.4 Å².